The summed E-state index contributed by atoms with van der Waals surface area (Å²) in [5.74, 6) is 1.75. The molecule has 0 bridgehead atoms. The Labute approximate surface area is 239 Å². The van der Waals surface area contributed by atoms with Crippen molar-refractivity contribution in [3.8, 4) is 5.88 Å². The van der Waals surface area contributed by atoms with Gasteiger partial charge in [0.2, 0.25) is 17.7 Å². The molecular weight excluding hydrogens is 500 g/mol. The zero-order valence-electron chi connectivity index (χ0n) is 24.7. The Bertz CT molecular complexity index is 1170. The molecule has 3 aliphatic rings. The summed E-state index contributed by atoms with van der Waals surface area (Å²) in [6.07, 6.45) is 11.4. The maximum Gasteiger partial charge on any atom is 0.226 e. The molecule has 2 aromatic rings. The molecule has 7 nitrogen and oxygen atoms in total. The normalized spacial score (nSPS) is 28.9. The molecule has 2 heterocycles. The van der Waals surface area contributed by atoms with Crippen molar-refractivity contribution >= 4 is 17.5 Å². The summed E-state index contributed by atoms with van der Waals surface area (Å²) in [4.78, 5) is 35.1. The van der Waals surface area contributed by atoms with Crippen LogP contribution in [0.3, 0.4) is 0 Å². The Morgan fingerprint density at radius 1 is 1.12 bits per heavy atom. The lowest BCUT2D eigenvalue weighted by Crippen LogP contribution is -2.59. The average Bonchev–Trinajstić information content (AvgIpc) is 2.94. The van der Waals surface area contributed by atoms with Gasteiger partial charge in [-0.15, -0.1) is 0 Å². The number of carbonyl (C=O) groups excluding carboxylic acids is 2. The van der Waals surface area contributed by atoms with E-state index in [4.69, 9.17) is 4.74 Å². The topological polar surface area (TPSA) is 74.8 Å². The molecule has 2 amide bonds. The number of anilines is 1. The quantitative estimate of drug-likeness (QED) is 0.435. The van der Waals surface area contributed by atoms with Gasteiger partial charge in [0.15, 0.2) is 0 Å². The van der Waals surface area contributed by atoms with E-state index in [1.165, 1.54) is 31.2 Å². The Morgan fingerprint density at radius 3 is 2.48 bits per heavy atom. The summed E-state index contributed by atoms with van der Waals surface area (Å²) < 4.78 is 5.17. The number of hydrogen-bond donors (Lipinski definition) is 1. The lowest BCUT2D eigenvalue weighted by Gasteiger charge is -2.58. The van der Waals surface area contributed by atoms with Crippen molar-refractivity contribution in [3.05, 3.63) is 54.2 Å². The number of aromatic nitrogens is 1. The Morgan fingerprint density at radius 2 is 1.85 bits per heavy atom. The molecule has 2 aliphatic carbocycles. The van der Waals surface area contributed by atoms with E-state index >= 15 is 0 Å². The van der Waals surface area contributed by atoms with E-state index in [2.05, 4.69) is 66.6 Å². The SMILES string of the molecule is COc1cc(NC(=O)CCN2CC3(CCC(c4ccccc4)(N(C)C)CC3)C(CC3CCC3)C(C)C2=O)ccn1. The number of hydrogen-bond acceptors (Lipinski definition) is 5. The second kappa shape index (κ2) is 11.9. The van der Waals surface area contributed by atoms with Gasteiger partial charge in [0.25, 0.3) is 0 Å². The summed E-state index contributed by atoms with van der Waals surface area (Å²) in [7, 11) is 5.99. The van der Waals surface area contributed by atoms with E-state index in [0.717, 1.165) is 38.1 Å². The third-order valence-corrected chi connectivity index (χ3v) is 10.5. The number of nitrogens with zero attached hydrogens (tertiary/aromatic N) is 3. The number of methoxy groups -OCH3 is 1. The van der Waals surface area contributed by atoms with Crippen molar-refractivity contribution in [2.75, 3.05) is 39.6 Å². The van der Waals surface area contributed by atoms with E-state index in [1.807, 2.05) is 4.90 Å². The first-order chi connectivity index (χ1) is 19.3. The minimum atomic E-state index is -0.0984. The van der Waals surface area contributed by atoms with Crippen LogP contribution < -0.4 is 10.1 Å². The highest BCUT2D eigenvalue weighted by atomic mass is 16.5. The molecule has 5 rings (SSSR count). The van der Waals surface area contributed by atoms with Gasteiger partial charge in [0, 0.05) is 48.9 Å². The zero-order chi connectivity index (χ0) is 28.3. The number of carbonyl (C=O) groups is 2. The average molecular weight is 547 g/mol. The molecule has 1 N–H and O–H groups in total. The van der Waals surface area contributed by atoms with E-state index in [-0.39, 0.29) is 35.1 Å². The third-order valence-electron chi connectivity index (χ3n) is 10.5. The summed E-state index contributed by atoms with van der Waals surface area (Å²) in [5, 5.41) is 2.94. The van der Waals surface area contributed by atoms with Crippen LogP contribution in [0.15, 0.2) is 48.7 Å². The minimum Gasteiger partial charge on any atom is -0.481 e. The first-order valence-electron chi connectivity index (χ1n) is 15.1. The number of piperidine rings is 1. The van der Waals surface area contributed by atoms with Crippen molar-refractivity contribution in [2.45, 2.75) is 70.3 Å². The van der Waals surface area contributed by atoms with Crippen molar-refractivity contribution in [3.63, 3.8) is 0 Å². The monoisotopic (exact) mass is 546 g/mol. The lowest BCUT2D eigenvalue weighted by molar-refractivity contribution is -0.156. The van der Waals surface area contributed by atoms with Gasteiger partial charge < -0.3 is 15.0 Å². The number of amides is 2. The van der Waals surface area contributed by atoms with Crippen LogP contribution in [-0.4, -0.2) is 60.9 Å². The van der Waals surface area contributed by atoms with E-state index in [0.29, 0.717) is 24.0 Å². The highest BCUT2D eigenvalue weighted by Crippen LogP contribution is 2.57. The van der Waals surface area contributed by atoms with E-state index < -0.39 is 0 Å². The molecule has 1 aromatic carbocycles. The largest absolute Gasteiger partial charge is 0.481 e. The van der Waals surface area contributed by atoms with Crippen LogP contribution >= 0.6 is 0 Å². The van der Waals surface area contributed by atoms with Crippen molar-refractivity contribution in [2.24, 2.45) is 23.2 Å². The second-order valence-electron chi connectivity index (χ2n) is 12.7. The number of pyridine rings is 1. The van der Waals surface area contributed by atoms with Crippen LogP contribution in [0.4, 0.5) is 5.69 Å². The van der Waals surface area contributed by atoms with Gasteiger partial charge >= 0.3 is 0 Å². The second-order valence-corrected chi connectivity index (χ2v) is 12.7. The Balaban J connectivity index is 1.32. The van der Waals surface area contributed by atoms with Gasteiger partial charge in [0.1, 0.15) is 0 Å². The van der Waals surface area contributed by atoms with Gasteiger partial charge in [-0.1, -0.05) is 56.5 Å². The van der Waals surface area contributed by atoms with Crippen LogP contribution in [0, 0.1) is 23.2 Å². The molecule has 216 valence electrons. The van der Waals surface area contributed by atoms with Gasteiger partial charge in [-0.2, -0.15) is 0 Å². The first kappa shape index (κ1) is 28.6. The zero-order valence-corrected chi connectivity index (χ0v) is 24.7. The highest BCUT2D eigenvalue weighted by Gasteiger charge is 2.54. The van der Waals surface area contributed by atoms with Crippen LogP contribution in [0.25, 0.3) is 0 Å². The molecular formula is C33H46N4O3. The summed E-state index contributed by atoms with van der Waals surface area (Å²) >= 11 is 0. The number of rotatable bonds is 9. The van der Waals surface area contributed by atoms with Gasteiger partial charge in [-0.25, -0.2) is 4.98 Å². The van der Waals surface area contributed by atoms with E-state index in [9.17, 15) is 9.59 Å². The molecule has 2 unspecified atom stereocenters. The molecule has 2 saturated carbocycles. The predicted molar refractivity (Wildman–Crippen MR) is 158 cm³/mol. The maximum atomic E-state index is 13.7. The molecule has 1 saturated heterocycles. The van der Waals surface area contributed by atoms with Crippen LogP contribution in [0.5, 0.6) is 5.88 Å². The van der Waals surface area contributed by atoms with Crippen LogP contribution in [0.1, 0.15) is 70.3 Å². The standard InChI is InChI=1S/C33H46N4O3/c1-24-28(21-25-9-8-10-25)32(15-17-33(18-16-32,36(2)3)26-11-6-5-7-12-26)23-37(31(24)39)20-14-29(38)35-27-13-19-34-30(22-27)40-4/h5-7,11-13,19,22,24-25,28H,8-10,14-18,20-21,23H2,1-4H3,(H,34,35,38). The first-order valence-corrected chi connectivity index (χ1v) is 15.1. The fourth-order valence-electron chi connectivity index (χ4n) is 7.79. The number of nitrogens with one attached hydrogen (secondary N) is 1. The minimum absolute atomic E-state index is 0.00884. The molecule has 1 aromatic heterocycles. The fraction of sp³-hybridized carbons (Fsp3) is 0.606. The van der Waals surface area contributed by atoms with E-state index in [1.54, 1.807) is 25.4 Å². The number of benzene rings is 1. The highest BCUT2D eigenvalue weighted by molar-refractivity contribution is 5.91. The van der Waals surface area contributed by atoms with Crippen molar-refractivity contribution in [1.29, 1.82) is 0 Å². The number of ether oxygens (including phenoxy) is 1. The Hall–Kier alpha value is -2.93. The molecule has 40 heavy (non-hydrogen) atoms. The van der Waals surface area contributed by atoms with Gasteiger partial charge in [-0.3, -0.25) is 14.5 Å². The smallest absolute Gasteiger partial charge is 0.226 e. The van der Waals surface area contributed by atoms with Crippen molar-refractivity contribution < 1.29 is 14.3 Å². The lowest BCUT2D eigenvalue weighted by atomic mass is 9.53. The Kier molecular flexibility index (Phi) is 8.50. The van der Waals surface area contributed by atoms with Crippen LogP contribution in [-0.2, 0) is 15.1 Å². The number of likely N-dealkylation sites (tertiary alicyclic amines) is 1. The molecule has 3 fully saturated rings. The summed E-state index contributed by atoms with van der Waals surface area (Å²) in [6, 6.07) is 14.4. The molecule has 2 atom stereocenters. The maximum absolute atomic E-state index is 13.7. The molecule has 1 aliphatic heterocycles. The summed E-state index contributed by atoms with van der Waals surface area (Å²) in [6.45, 7) is 3.38. The fourth-order valence-corrected chi connectivity index (χ4v) is 7.79. The summed E-state index contributed by atoms with van der Waals surface area (Å²) in [5.41, 5.74) is 2.17. The predicted octanol–water partition coefficient (Wildman–Crippen LogP) is 5.72. The third kappa shape index (κ3) is 5.63. The van der Waals surface area contributed by atoms with Crippen molar-refractivity contribution in [1.82, 2.24) is 14.8 Å². The van der Waals surface area contributed by atoms with Gasteiger partial charge in [-0.05, 0) is 75.1 Å². The molecule has 1 spiro atoms. The van der Waals surface area contributed by atoms with Gasteiger partial charge in [0.05, 0.1) is 7.11 Å². The molecule has 7 heteroatoms. The molecule has 0 radical (unpaired) electrons. The van der Waals surface area contributed by atoms with Crippen LogP contribution in [0.2, 0.25) is 0 Å².